The average Bonchev–Trinajstić information content (AvgIpc) is 3.17. The van der Waals surface area contributed by atoms with Gasteiger partial charge in [0.25, 0.3) is 0 Å². The van der Waals surface area contributed by atoms with Crippen LogP contribution in [0.25, 0.3) is 6.08 Å². The number of ether oxygens (including phenoxy) is 1. The summed E-state index contributed by atoms with van der Waals surface area (Å²) in [6, 6.07) is 11.5. The summed E-state index contributed by atoms with van der Waals surface area (Å²) < 4.78 is 18.1. The predicted octanol–water partition coefficient (Wildman–Crippen LogP) is 2.73. The number of hydrogen-bond acceptors (Lipinski definition) is 5. The topological polar surface area (TPSA) is 63.7 Å². The Kier molecular flexibility index (Phi) is 3.31. The number of nitrogens with zero attached hydrogens (tertiary/aromatic N) is 1. The second-order valence-electron chi connectivity index (χ2n) is 6.94. The third kappa shape index (κ3) is 2.19. The van der Waals surface area contributed by atoms with Crippen molar-refractivity contribution >= 4 is 23.8 Å². The molecule has 2 saturated heterocycles. The zero-order valence-electron chi connectivity index (χ0n) is 14.0. The van der Waals surface area contributed by atoms with Gasteiger partial charge >= 0.3 is 11.9 Å². The van der Waals surface area contributed by atoms with Gasteiger partial charge in [0.1, 0.15) is 17.8 Å². The fourth-order valence-electron chi connectivity index (χ4n) is 4.44. The number of benzene rings is 2. The number of carbonyl (C=O) groups is 3. The molecular weight excluding hydrogens is 349 g/mol. The van der Waals surface area contributed by atoms with Crippen LogP contribution in [0.5, 0.6) is 0 Å². The number of esters is 2. The molecule has 3 aliphatic heterocycles. The fourth-order valence-corrected chi connectivity index (χ4v) is 4.44. The number of hydrogen-bond donors (Lipinski definition) is 0. The number of Topliss-reactive ketones (excluding diaryl/α,β-unsaturated/α-hetero) is 1. The Morgan fingerprint density at radius 1 is 0.963 bits per heavy atom. The molecule has 0 bridgehead atoms. The van der Waals surface area contributed by atoms with Crippen LogP contribution in [0.3, 0.4) is 0 Å². The average molecular weight is 363 g/mol. The largest absolute Gasteiger partial charge is 0.393 e. The van der Waals surface area contributed by atoms with Crippen molar-refractivity contribution in [1.82, 2.24) is 4.90 Å². The van der Waals surface area contributed by atoms with Crippen LogP contribution in [-0.4, -0.2) is 28.7 Å². The number of ketones is 1. The van der Waals surface area contributed by atoms with Crippen LogP contribution in [0.4, 0.5) is 4.39 Å². The maximum Gasteiger partial charge on any atom is 0.320 e. The first-order chi connectivity index (χ1) is 13.1. The maximum absolute atomic E-state index is 13.2. The van der Waals surface area contributed by atoms with Crippen molar-refractivity contribution in [1.29, 1.82) is 0 Å². The van der Waals surface area contributed by atoms with Gasteiger partial charge in [0, 0.05) is 11.8 Å². The monoisotopic (exact) mass is 363 g/mol. The summed E-state index contributed by atoms with van der Waals surface area (Å²) in [6.45, 7) is 0. The highest BCUT2D eigenvalue weighted by molar-refractivity contribution is 6.07. The lowest BCUT2D eigenvalue weighted by molar-refractivity contribution is -0.155. The quantitative estimate of drug-likeness (QED) is 0.466. The molecule has 0 saturated carbocycles. The van der Waals surface area contributed by atoms with E-state index in [1.807, 2.05) is 30.3 Å². The van der Waals surface area contributed by atoms with E-state index in [-0.39, 0.29) is 5.78 Å². The molecule has 5 nitrogen and oxygen atoms in total. The predicted molar refractivity (Wildman–Crippen MR) is 92.7 cm³/mol. The van der Waals surface area contributed by atoms with E-state index < -0.39 is 41.7 Å². The maximum atomic E-state index is 13.2. The minimum absolute atomic E-state index is 0.292. The summed E-state index contributed by atoms with van der Waals surface area (Å²) in [6.07, 6.45) is 3.63. The van der Waals surface area contributed by atoms with Gasteiger partial charge < -0.3 is 9.64 Å². The second-order valence-corrected chi connectivity index (χ2v) is 6.94. The van der Waals surface area contributed by atoms with E-state index in [4.69, 9.17) is 4.74 Å². The highest BCUT2D eigenvalue weighted by Gasteiger charge is 2.63. The summed E-state index contributed by atoms with van der Waals surface area (Å²) in [5.41, 5.74) is 2.12. The van der Waals surface area contributed by atoms with E-state index >= 15 is 0 Å². The molecule has 0 aromatic heterocycles. The molecule has 2 aromatic rings. The molecular formula is C21H14FNO4. The lowest BCUT2D eigenvalue weighted by Crippen LogP contribution is -2.40. The lowest BCUT2D eigenvalue weighted by Gasteiger charge is -2.34. The van der Waals surface area contributed by atoms with E-state index in [0.717, 1.165) is 11.1 Å². The molecule has 0 aliphatic carbocycles. The number of carbonyl (C=O) groups excluding carboxylic acids is 3. The number of fused-ring (bicyclic) bond motifs is 5. The van der Waals surface area contributed by atoms with Crippen molar-refractivity contribution in [2.24, 2.45) is 11.8 Å². The summed E-state index contributed by atoms with van der Waals surface area (Å²) in [5.74, 6) is -3.67. The summed E-state index contributed by atoms with van der Waals surface area (Å²) in [4.78, 5) is 39.8. The molecule has 2 aromatic carbocycles. The molecule has 3 aliphatic rings. The number of halogens is 1. The molecule has 0 amide bonds. The van der Waals surface area contributed by atoms with Crippen molar-refractivity contribution < 1.29 is 23.5 Å². The van der Waals surface area contributed by atoms with Crippen LogP contribution in [0.2, 0.25) is 0 Å². The molecule has 6 heteroatoms. The lowest BCUT2D eigenvalue weighted by atomic mass is 9.83. The highest BCUT2D eigenvalue weighted by Crippen LogP contribution is 2.52. The van der Waals surface area contributed by atoms with Crippen molar-refractivity contribution in [3.63, 3.8) is 0 Å². The zero-order valence-corrected chi connectivity index (χ0v) is 14.0. The second kappa shape index (κ2) is 5.61. The molecule has 4 atom stereocenters. The molecule has 0 radical (unpaired) electrons. The Morgan fingerprint density at radius 2 is 1.67 bits per heavy atom. The van der Waals surface area contributed by atoms with Crippen LogP contribution in [0.1, 0.15) is 27.5 Å². The third-order valence-corrected chi connectivity index (χ3v) is 5.59. The van der Waals surface area contributed by atoms with Gasteiger partial charge in [0.05, 0.1) is 12.0 Å². The van der Waals surface area contributed by atoms with Crippen molar-refractivity contribution in [2.75, 3.05) is 0 Å². The molecule has 27 heavy (non-hydrogen) atoms. The van der Waals surface area contributed by atoms with Gasteiger partial charge in [-0.25, -0.2) is 4.39 Å². The minimum atomic E-state index is -0.879. The fraction of sp³-hybridized carbons (Fsp3) is 0.190. The van der Waals surface area contributed by atoms with Gasteiger partial charge in [-0.2, -0.15) is 0 Å². The van der Waals surface area contributed by atoms with E-state index in [1.54, 1.807) is 11.1 Å². The van der Waals surface area contributed by atoms with Gasteiger partial charge in [-0.1, -0.05) is 24.3 Å². The molecule has 2 fully saturated rings. The number of cyclic esters (lactones) is 2. The Hall–Kier alpha value is -3.28. The van der Waals surface area contributed by atoms with E-state index in [9.17, 15) is 18.8 Å². The van der Waals surface area contributed by atoms with Crippen molar-refractivity contribution in [3.8, 4) is 0 Å². The Morgan fingerprint density at radius 3 is 2.44 bits per heavy atom. The Labute approximate surface area is 154 Å². The van der Waals surface area contributed by atoms with Crippen molar-refractivity contribution in [2.45, 2.75) is 12.1 Å². The first kappa shape index (κ1) is 15.9. The zero-order chi connectivity index (χ0) is 18.7. The first-order valence-corrected chi connectivity index (χ1v) is 8.66. The summed E-state index contributed by atoms with van der Waals surface area (Å²) in [5, 5.41) is 0. The number of rotatable bonds is 2. The molecule has 0 unspecified atom stereocenters. The first-order valence-electron chi connectivity index (χ1n) is 8.66. The third-order valence-electron chi connectivity index (χ3n) is 5.59. The van der Waals surface area contributed by atoms with Gasteiger partial charge in [-0.05, 0) is 41.5 Å². The smallest absolute Gasteiger partial charge is 0.320 e. The molecule has 0 N–H and O–H groups in total. The molecule has 3 heterocycles. The van der Waals surface area contributed by atoms with Gasteiger partial charge in [-0.15, -0.1) is 0 Å². The molecule has 0 spiro atoms. The van der Waals surface area contributed by atoms with Crippen LogP contribution in [-0.2, 0) is 14.3 Å². The van der Waals surface area contributed by atoms with Crippen LogP contribution >= 0.6 is 0 Å². The van der Waals surface area contributed by atoms with Crippen LogP contribution in [0.15, 0.2) is 54.7 Å². The minimum Gasteiger partial charge on any atom is -0.393 e. The molecule has 5 rings (SSSR count). The van der Waals surface area contributed by atoms with E-state index in [1.165, 1.54) is 24.3 Å². The summed E-state index contributed by atoms with van der Waals surface area (Å²) in [7, 11) is 0. The molecule has 134 valence electrons. The van der Waals surface area contributed by atoms with Gasteiger partial charge in [-0.3, -0.25) is 14.4 Å². The van der Waals surface area contributed by atoms with Gasteiger partial charge in [0.15, 0.2) is 5.78 Å². The highest BCUT2D eigenvalue weighted by atomic mass is 19.1. The van der Waals surface area contributed by atoms with E-state index in [0.29, 0.717) is 5.56 Å². The van der Waals surface area contributed by atoms with Crippen molar-refractivity contribution in [3.05, 3.63) is 77.2 Å². The Balaban J connectivity index is 1.64. The SMILES string of the molecule is O=C1OC(=O)[C@H]2[C@@H]1[C@@H](C(=O)c1ccc(F)cc1)N1C=Cc3ccccc3[C@H]21. The Bertz CT molecular complexity index is 1010. The van der Waals surface area contributed by atoms with E-state index in [2.05, 4.69) is 0 Å². The standard InChI is InChI=1S/C21H14FNO4/c22-13-7-5-12(6-8-13)19(24)18-16-15(20(25)27-21(16)26)17-14-4-2-1-3-11(14)9-10-23(17)18/h1-10,15-18H/t15-,16+,17+,18-/m0/s1. The van der Waals surface area contributed by atoms with Crippen LogP contribution in [0, 0.1) is 17.7 Å². The van der Waals surface area contributed by atoms with Gasteiger partial charge in [0.2, 0.25) is 0 Å². The normalized spacial score (nSPS) is 27.8. The summed E-state index contributed by atoms with van der Waals surface area (Å²) >= 11 is 0. The van der Waals surface area contributed by atoms with Crippen LogP contribution < -0.4 is 0 Å².